The van der Waals surface area contributed by atoms with E-state index in [0.717, 1.165) is 18.4 Å². The SMILES string of the molecule is C/C=C(\C)C(=O)O[C@@H]1[C@H]2C[C@@]34OC2(O)[C@@](C)([C@@H](CC(=O)OC)C1(C)C)[C@H]3CC[C@]1(C)[C@H]4CC(=O)O[C@H]1c1ccoc1. The Morgan fingerprint density at radius 3 is 2.56 bits per heavy atom. The maximum absolute atomic E-state index is 13.2. The van der Waals surface area contributed by atoms with Gasteiger partial charge in [-0.2, -0.15) is 0 Å². The lowest BCUT2D eigenvalue weighted by Gasteiger charge is -2.66. The van der Waals surface area contributed by atoms with E-state index in [2.05, 4.69) is 6.92 Å². The first kappa shape index (κ1) is 28.5. The van der Waals surface area contributed by atoms with Crippen LogP contribution in [0.2, 0.25) is 0 Å². The number of hydrogen-bond donors (Lipinski definition) is 1. The summed E-state index contributed by atoms with van der Waals surface area (Å²) in [5.74, 6) is -4.19. The predicted octanol–water partition coefficient (Wildman–Crippen LogP) is 4.88. The lowest BCUT2D eigenvalue weighted by Crippen LogP contribution is -2.72. The Morgan fingerprint density at radius 1 is 1.20 bits per heavy atom. The van der Waals surface area contributed by atoms with Gasteiger partial charge in [-0.05, 0) is 51.0 Å². The molecule has 0 aromatic carbocycles. The summed E-state index contributed by atoms with van der Waals surface area (Å²) in [5.41, 5.74) is -1.62. The summed E-state index contributed by atoms with van der Waals surface area (Å²) in [7, 11) is 1.36. The highest BCUT2D eigenvalue weighted by Crippen LogP contribution is 2.81. The Hall–Kier alpha value is -2.65. The second-order valence-corrected chi connectivity index (χ2v) is 14.1. The van der Waals surface area contributed by atoms with Gasteiger partial charge in [0.05, 0.1) is 37.6 Å². The van der Waals surface area contributed by atoms with Gasteiger partial charge in [-0.15, -0.1) is 0 Å². The maximum Gasteiger partial charge on any atom is 0.333 e. The van der Waals surface area contributed by atoms with Crippen LogP contribution in [-0.4, -0.2) is 47.6 Å². The fourth-order valence-corrected chi connectivity index (χ4v) is 10.2. The monoisotopic (exact) mass is 570 g/mol. The van der Waals surface area contributed by atoms with Crippen LogP contribution in [0, 0.1) is 39.9 Å². The van der Waals surface area contributed by atoms with Crippen LogP contribution in [0.4, 0.5) is 0 Å². The third-order valence-electron chi connectivity index (χ3n) is 12.2. The summed E-state index contributed by atoms with van der Waals surface area (Å²) in [4.78, 5) is 39.3. The topological polar surface area (TPSA) is 122 Å². The Labute approximate surface area is 240 Å². The van der Waals surface area contributed by atoms with Crippen molar-refractivity contribution in [2.45, 2.75) is 97.2 Å². The van der Waals surface area contributed by atoms with Gasteiger partial charge in [0.15, 0.2) is 5.79 Å². The standard InChI is InChI=1S/C32H42O9/c1-8-17(2)27(35)40-26-19-15-31-20(30(6,32(19,36)41-31)21(28(26,3)4)13-23(33)37-7)9-11-29(5)22(31)14-24(34)39-25(29)18-10-12-38-16-18/h8,10,12,16,19-22,25-26,36H,9,11,13-15H2,1-7H3/b17-8+/t19-,20-,21+,22-,25+,26-,29-,30-,31-,32?/m1/s1. The lowest BCUT2D eigenvalue weighted by atomic mass is 9.37. The number of aliphatic hydroxyl groups is 1. The van der Waals surface area contributed by atoms with E-state index in [1.807, 2.05) is 26.8 Å². The number of allylic oxidation sites excluding steroid dienone is 1. The second-order valence-electron chi connectivity index (χ2n) is 14.1. The van der Waals surface area contributed by atoms with E-state index in [1.54, 1.807) is 32.4 Å². The summed E-state index contributed by atoms with van der Waals surface area (Å²) in [6.45, 7) is 11.7. The van der Waals surface area contributed by atoms with E-state index >= 15 is 0 Å². The van der Waals surface area contributed by atoms with E-state index in [-0.39, 0.29) is 36.6 Å². The van der Waals surface area contributed by atoms with Gasteiger partial charge >= 0.3 is 17.9 Å². The first-order valence-corrected chi connectivity index (χ1v) is 14.8. The zero-order valence-electron chi connectivity index (χ0n) is 25.0. The molecule has 2 bridgehead atoms. The summed E-state index contributed by atoms with van der Waals surface area (Å²) in [6.07, 6.45) is 5.78. The van der Waals surface area contributed by atoms with Gasteiger partial charge in [-0.25, -0.2) is 4.79 Å². The molecular formula is C32H42O9. The normalized spacial score (nSPS) is 45.9. The molecule has 0 amide bonds. The van der Waals surface area contributed by atoms with Gasteiger partial charge in [0.2, 0.25) is 0 Å². The smallest absolute Gasteiger partial charge is 0.333 e. The molecule has 41 heavy (non-hydrogen) atoms. The quantitative estimate of drug-likeness (QED) is 0.300. The van der Waals surface area contributed by atoms with Crippen LogP contribution in [0.15, 0.2) is 34.7 Å². The van der Waals surface area contributed by atoms with Crippen LogP contribution in [0.3, 0.4) is 0 Å². The second kappa shape index (κ2) is 8.93. The summed E-state index contributed by atoms with van der Waals surface area (Å²) < 4.78 is 29.7. The average molecular weight is 571 g/mol. The van der Waals surface area contributed by atoms with Crippen LogP contribution in [-0.2, 0) is 33.3 Å². The molecule has 1 aromatic rings. The Bertz CT molecular complexity index is 1300. The van der Waals surface area contributed by atoms with Crippen LogP contribution >= 0.6 is 0 Å². The predicted molar refractivity (Wildman–Crippen MR) is 145 cm³/mol. The van der Waals surface area contributed by atoms with Gasteiger partial charge in [-0.3, -0.25) is 9.59 Å². The van der Waals surface area contributed by atoms with Crippen LogP contribution in [0.1, 0.15) is 85.3 Å². The molecule has 224 valence electrons. The zero-order chi connectivity index (χ0) is 29.8. The molecule has 5 fully saturated rings. The number of furan rings is 1. The molecule has 9 nitrogen and oxygen atoms in total. The van der Waals surface area contributed by atoms with Crippen LogP contribution in [0.5, 0.6) is 0 Å². The molecule has 2 aliphatic carbocycles. The molecule has 1 aromatic heterocycles. The highest BCUT2D eigenvalue weighted by Gasteiger charge is 2.87. The molecule has 9 heteroatoms. The van der Waals surface area contributed by atoms with E-state index in [9.17, 15) is 19.5 Å². The molecule has 1 N–H and O–H groups in total. The van der Waals surface area contributed by atoms with E-state index < -0.39 is 57.6 Å². The van der Waals surface area contributed by atoms with Crippen molar-refractivity contribution in [2.24, 2.45) is 39.9 Å². The number of carbonyl (C=O) groups is 3. The van der Waals surface area contributed by atoms with Gasteiger partial charge < -0.3 is 28.5 Å². The maximum atomic E-state index is 13.2. The minimum absolute atomic E-state index is 0.0449. The molecule has 3 aliphatic heterocycles. The van der Waals surface area contributed by atoms with Crippen molar-refractivity contribution >= 4 is 17.9 Å². The largest absolute Gasteiger partial charge is 0.472 e. The molecular weight excluding hydrogens is 528 g/mol. The number of methoxy groups -OCH3 is 1. The van der Waals surface area contributed by atoms with Crippen molar-refractivity contribution in [2.75, 3.05) is 7.11 Å². The molecule has 4 heterocycles. The van der Waals surface area contributed by atoms with Crippen molar-refractivity contribution < 1.29 is 42.9 Å². The number of cyclic esters (lactones) is 1. The molecule has 1 spiro atoms. The van der Waals surface area contributed by atoms with Gasteiger partial charge in [0.25, 0.3) is 0 Å². The van der Waals surface area contributed by atoms with Gasteiger partial charge in [0.1, 0.15) is 12.2 Å². The molecule has 1 unspecified atom stereocenters. The molecule has 0 radical (unpaired) electrons. The Kier molecular flexibility index (Phi) is 6.20. The molecule has 6 rings (SSSR count). The first-order valence-electron chi connectivity index (χ1n) is 14.8. The molecule has 10 atom stereocenters. The third-order valence-corrected chi connectivity index (χ3v) is 12.2. The number of carbonyl (C=O) groups excluding carboxylic acids is 3. The van der Waals surface area contributed by atoms with Crippen molar-refractivity contribution in [3.8, 4) is 0 Å². The average Bonchev–Trinajstić information content (AvgIpc) is 3.61. The van der Waals surface area contributed by atoms with Gasteiger partial charge in [-0.1, -0.05) is 33.8 Å². The molecule has 5 aliphatic rings. The van der Waals surface area contributed by atoms with Crippen molar-refractivity contribution in [3.63, 3.8) is 0 Å². The molecule has 2 saturated carbocycles. The Balaban J connectivity index is 1.50. The van der Waals surface area contributed by atoms with Crippen LogP contribution in [0.25, 0.3) is 0 Å². The number of esters is 3. The molecule has 3 saturated heterocycles. The summed E-state index contributed by atoms with van der Waals surface area (Å²) in [6, 6.07) is 1.83. The van der Waals surface area contributed by atoms with E-state index in [4.69, 9.17) is 23.4 Å². The third kappa shape index (κ3) is 3.45. The highest BCUT2D eigenvalue weighted by molar-refractivity contribution is 5.87. The van der Waals surface area contributed by atoms with Crippen molar-refractivity contribution in [1.29, 1.82) is 0 Å². The summed E-state index contributed by atoms with van der Waals surface area (Å²) in [5, 5.41) is 12.8. The first-order chi connectivity index (χ1) is 19.2. The minimum atomic E-state index is -1.67. The van der Waals surface area contributed by atoms with Crippen molar-refractivity contribution in [1.82, 2.24) is 0 Å². The number of rotatable bonds is 5. The summed E-state index contributed by atoms with van der Waals surface area (Å²) >= 11 is 0. The van der Waals surface area contributed by atoms with E-state index in [1.165, 1.54) is 7.11 Å². The van der Waals surface area contributed by atoms with Gasteiger partial charge in [0, 0.05) is 39.7 Å². The Morgan fingerprint density at radius 2 is 1.93 bits per heavy atom. The number of fused-ring (bicyclic) bond motifs is 2. The van der Waals surface area contributed by atoms with Crippen LogP contribution < -0.4 is 0 Å². The fourth-order valence-electron chi connectivity index (χ4n) is 10.2. The number of ether oxygens (including phenoxy) is 4. The fraction of sp³-hybridized carbons (Fsp3) is 0.719. The lowest BCUT2D eigenvalue weighted by molar-refractivity contribution is -0.320. The minimum Gasteiger partial charge on any atom is -0.472 e. The zero-order valence-corrected chi connectivity index (χ0v) is 25.0. The van der Waals surface area contributed by atoms with Crippen molar-refractivity contribution in [3.05, 3.63) is 35.8 Å². The van der Waals surface area contributed by atoms with E-state index in [0.29, 0.717) is 12.0 Å². The highest BCUT2D eigenvalue weighted by atomic mass is 16.7. The number of hydrogen-bond acceptors (Lipinski definition) is 9.